The van der Waals surface area contributed by atoms with Crippen LogP contribution in [0.15, 0.2) is 11.6 Å². The number of rotatable bonds is 5. The predicted octanol–water partition coefficient (Wildman–Crippen LogP) is 4.21. The Hall–Kier alpha value is -0.940. The summed E-state index contributed by atoms with van der Waals surface area (Å²) in [6, 6.07) is 0. The summed E-state index contributed by atoms with van der Waals surface area (Å²) in [5, 5.41) is 7.34. The van der Waals surface area contributed by atoms with E-state index in [1.54, 1.807) is 22.7 Å². The molecule has 0 aliphatic rings. The van der Waals surface area contributed by atoms with Crippen molar-refractivity contribution < 1.29 is 0 Å². The Morgan fingerprint density at radius 3 is 2.71 bits per heavy atom. The third-order valence-electron chi connectivity index (χ3n) is 2.83. The molecule has 2 rings (SSSR count). The van der Waals surface area contributed by atoms with Gasteiger partial charge in [0.05, 0.1) is 15.6 Å². The first-order chi connectivity index (χ1) is 8.28. The highest BCUT2D eigenvalue weighted by Gasteiger charge is 2.13. The van der Waals surface area contributed by atoms with Gasteiger partial charge in [-0.3, -0.25) is 0 Å². The van der Waals surface area contributed by atoms with Crippen molar-refractivity contribution in [2.24, 2.45) is 0 Å². The molecule has 3 nitrogen and oxygen atoms in total. The highest BCUT2D eigenvalue weighted by atomic mass is 32.1. The van der Waals surface area contributed by atoms with E-state index in [0.29, 0.717) is 5.92 Å². The Morgan fingerprint density at radius 2 is 2.12 bits per heavy atom. The maximum Gasteiger partial charge on any atom is 0.182 e. The van der Waals surface area contributed by atoms with E-state index in [0.717, 1.165) is 23.7 Å². The van der Waals surface area contributed by atoms with Gasteiger partial charge in [0.25, 0.3) is 0 Å². The van der Waals surface area contributed by atoms with Crippen molar-refractivity contribution in [1.29, 1.82) is 0 Å². The Balaban J connectivity index is 2.22. The Kier molecular flexibility index (Phi) is 4.12. The van der Waals surface area contributed by atoms with Crippen LogP contribution in [0.3, 0.4) is 0 Å². The number of thiazole rings is 2. The van der Waals surface area contributed by atoms with Crippen molar-refractivity contribution in [3.8, 4) is 10.6 Å². The summed E-state index contributed by atoms with van der Waals surface area (Å²) in [4.78, 5) is 10.2. The zero-order valence-corrected chi connectivity index (χ0v) is 12.0. The summed E-state index contributed by atoms with van der Waals surface area (Å²) in [5.41, 5.74) is 1.04. The minimum Gasteiger partial charge on any atom is -0.365 e. The Labute approximate surface area is 110 Å². The first kappa shape index (κ1) is 12.5. The van der Waals surface area contributed by atoms with Gasteiger partial charge in [-0.1, -0.05) is 13.8 Å². The van der Waals surface area contributed by atoms with Crippen LogP contribution in [0.2, 0.25) is 0 Å². The van der Waals surface area contributed by atoms with Crippen molar-refractivity contribution in [3.63, 3.8) is 0 Å². The van der Waals surface area contributed by atoms with Gasteiger partial charge in [0.15, 0.2) is 5.13 Å². The SMILES string of the molecule is CCC(CC)c1ncc(-c2csc(NC)n2)s1. The Morgan fingerprint density at radius 1 is 1.35 bits per heavy atom. The zero-order chi connectivity index (χ0) is 12.3. The molecular formula is C12H17N3S2. The minimum absolute atomic E-state index is 0.594. The molecular weight excluding hydrogens is 250 g/mol. The van der Waals surface area contributed by atoms with E-state index in [9.17, 15) is 0 Å². The van der Waals surface area contributed by atoms with E-state index in [1.807, 2.05) is 13.2 Å². The van der Waals surface area contributed by atoms with Gasteiger partial charge in [-0.15, -0.1) is 22.7 Å². The molecule has 2 aromatic rings. The second-order valence-corrected chi connectivity index (χ2v) is 5.78. The molecule has 1 N–H and O–H groups in total. The van der Waals surface area contributed by atoms with Crippen LogP contribution in [0.5, 0.6) is 0 Å². The highest BCUT2D eigenvalue weighted by Crippen LogP contribution is 2.33. The van der Waals surface area contributed by atoms with Crippen LogP contribution in [-0.2, 0) is 0 Å². The van der Waals surface area contributed by atoms with Crippen molar-refractivity contribution in [2.45, 2.75) is 32.6 Å². The third kappa shape index (κ3) is 2.66. The average Bonchev–Trinajstić information content (AvgIpc) is 2.98. The highest BCUT2D eigenvalue weighted by molar-refractivity contribution is 7.16. The molecule has 0 atom stereocenters. The molecule has 0 spiro atoms. The summed E-state index contributed by atoms with van der Waals surface area (Å²) in [5.74, 6) is 0.594. The molecule has 92 valence electrons. The zero-order valence-electron chi connectivity index (χ0n) is 10.4. The summed E-state index contributed by atoms with van der Waals surface area (Å²) < 4.78 is 0. The first-order valence-corrected chi connectivity index (χ1v) is 7.57. The van der Waals surface area contributed by atoms with E-state index in [4.69, 9.17) is 0 Å². The summed E-state index contributed by atoms with van der Waals surface area (Å²) in [6.07, 6.45) is 4.26. The van der Waals surface area contributed by atoms with Crippen LogP contribution in [0.1, 0.15) is 37.6 Å². The number of anilines is 1. The fourth-order valence-electron chi connectivity index (χ4n) is 1.73. The van der Waals surface area contributed by atoms with E-state index in [2.05, 4.69) is 34.5 Å². The molecule has 0 bridgehead atoms. The van der Waals surface area contributed by atoms with Crippen LogP contribution >= 0.6 is 22.7 Å². The first-order valence-electron chi connectivity index (χ1n) is 5.87. The smallest absolute Gasteiger partial charge is 0.182 e. The molecule has 0 fully saturated rings. The van der Waals surface area contributed by atoms with Crippen LogP contribution in [-0.4, -0.2) is 17.0 Å². The van der Waals surface area contributed by atoms with Crippen molar-refractivity contribution in [3.05, 3.63) is 16.6 Å². The van der Waals surface area contributed by atoms with Crippen LogP contribution in [0, 0.1) is 0 Å². The van der Waals surface area contributed by atoms with Gasteiger partial charge in [0.2, 0.25) is 0 Å². The van der Waals surface area contributed by atoms with Crippen molar-refractivity contribution in [2.75, 3.05) is 12.4 Å². The fourth-order valence-corrected chi connectivity index (χ4v) is 3.63. The predicted molar refractivity (Wildman–Crippen MR) is 76.1 cm³/mol. The lowest BCUT2D eigenvalue weighted by atomic mass is 10.1. The van der Waals surface area contributed by atoms with E-state index in [-0.39, 0.29) is 0 Å². The van der Waals surface area contributed by atoms with Crippen LogP contribution < -0.4 is 5.32 Å². The van der Waals surface area contributed by atoms with Gasteiger partial charge >= 0.3 is 0 Å². The molecule has 5 heteroatoms. The van der Waals surface area contributed by atoms with E-state index >= 15 is 0 Å². The van der Waals surface area contributed by atoms with Crippen LogP contribution in [0.4, 0.5) is 5.13 Å². The number of hydrogen-bond donors (Lipinski definition) is 1. The van der Waals surface area contributed by atoms with E-state index in [1.165, 1.54) is 9.88 Å². The van der Waals surface area contributed by atoms with Gasteiger partial charge in [-0.25, -0.2) is 9.97 Å². The number of nitrogens with zero attached hydrogens (tertiary/aromatic N) is 2. The second kappa shape index (κ2) is 5.60. The maximum absolute atomic E-state index is 4.53. The maximum atomic E-state index is 4.53. The molecule has 0 amide bonds. The third-order valence-corrected chi connectivity index (χ3v) is 4.87. The molecule has 2 heterocycles. The van der Waals surface area contributed by atoms with E-state index < -0.39 is 0 Å². The monoisotopic (exact) mass is 267 g/mol. The summed E-state index contributed by atoms with van der Waals surface area (Å²) in [6.45, 7) is 4.44. The van der Waals surface area contributed by atoms with Crippen molar-refractivity contribution >= 4 is 27.8 Å². The molecule has 0 saturated heterocycles. The number of nitrogens with one attached hydrogen (secondary N) is 1. The normalized spacial score (nSPS) is 11.1. The standard InChI is InChI=1S/C12H17N3S2/c1-4-8(5-2)11-14-6-10(17-11)9-7-16-12(13-3)15-9/h6-8H,4-5H2,1-3H3,(H,13,15). The molecule has 0 aromatic carbocycles. The summed E-state index contributed by atoms with van der Waals surface area (Å²) in [7, 11) is 1.89. The minimum atomic E-state index is 0.594. The molecule has 0 aliphatic heterocycles. The Bertz CT molecular complexity index is 472. The van der Waals surface area contributed by atoms with Gasteiger partial charge in [-0.05, 0) is 12.8 Å². The number of aromatic nitrogens is 2. The fraction of sp³-hybridized carbons (Fsp3) is 0.500. The van der Waals surface area contributed by atoms with Gasteiger partial charge in [0.1, 0.15) is 0 Å². The molecule has 17 heavy (non-hydrogen) atoms. The van der Waals surface area contributed by atoms with Gasteiger partial charge in [0, 0.05) is 24.5 Å². The second-order valence-electron chi connectivity index (χ2n) is 3.86. The van der Waals surface area contributed by atoms with Crippen molar-refractivity contribution in [1.82, 2.24) is 9.97 Å². The molecule has 0 radical (unpaired) electrons. The number of hydrogen-bond acceptors (Lipinski definition) is 5. The molecule has 0 aliphatic carbocycles. The lowest BCUT2D eigenvalue weighted by Gasteiger charge is -2.06. The van der Waals surface area contributed by atoms with Gasteiger partial charge < -0.3 is 5.32 Å². The van der Waals surface area contributed by atoms with Crippen LogP contribution in [0.25, 0.3) is 10.6 Å². The molecule has 0 saturated carbocycles. The lowest BCUT2D eigenvalue weighted by molar-refractivity contribution is 0.637. The summed E-state index contributed by atoms with van der Waals surface area (Å²) >= 11 is 3.40. The quantitative estimate of drug-likeness (QED) is 0.881. The largest absolute Gasteiger partial charge is 0.365 e. The molecule has 2 aromatic heterocycles. The van der Waals surface area contributed by atoms with Gasteiger partial charge in [-0.2, -0.15) is 0 Å². The lowest BCUT2D eigenvalue weighted by Crippen LogP contribution is -1.92. The topological polar surface area (TPSA) is 37.8 Å². The average molecular weight is 267 g/mol. The molecule has 0 unspecified atom stereocenters.